The molecule has 0 radical (unpaired) electrons. The fourth-order valence-electron chi connectivity index (χ4n) is 2.38. The van der Waals surface area contributed by atoms with Gasteiger partial charge in [-0.25, -0.2) is 4.85 Å². The second kappa shape index (κ2) is 5.69. The van der Waals surface area contributed by atoms with Gasteiger partial charge in [0.05, 0.1) is 30.9 Å². The van der Waals surface area contributed by atoms with E-state index in [0.717, 1.165) is 16.8 Å². The summed E-state index contributed by atoms with van der Waals surface area (Å²) in [6.07, 6.45) is 0. The number of nitrogens with zero attached hydrogens (tertiary/aromatic N) is 3. The Balaban J connectivity index is 2.53. The molecule has 2 atom stereocenters. The van der Waals surface area contributed by atoms with Crippen molar-refractivity contribution in [2.75, 3.05) is 0 Å². The molecule has 0 saturated carbocycles. The zero-order valence-corrected chi connectivity index (χ0v) is 11.5. The minimum absolute atomic E-state index is 0.00971. The topological polar surface area (TPSA) is 60.7 Å². The molecule has 0 aliphatic carbocycles. The van der Waals surface area contributed by atoms with Crippen LogP contribution in [-0.4, -0.2) is 10.8 Å². The molecular formula is C16H15N3O. The number of aliphatic imine (C=N–C) groups is 1. The molecular weight excluding hydrogens is 250 g/mol. The fraction of sp³-hybridized carbons (Fsp3) is 0.312. The second-order valence-electron chi connectivity index (χ2n) is 4.85. The van der Waals surface area contributed by atoms with Crippen molar-refractivity contribution in [3.63, 3.8) is 0 Å². The SMILES string of the molecule is [C-]#[N+]C1=C(c2ccc(CO)cc2)N=C(C)C(C#N)[C@H]1C. The zero-order chi connectivity index (χ0) is 14.7. The molecule has 4 nitrogen and oxygen atoms in total. The Bertz CT molecular complexity index is 656. The highest BCUT2D eigenvalue weighted by atomic mass is 16.3. The van der Waals surface area contributed by atoms with Crippen LogP contribution in [0.4, 0.5) is 0 Å². The highest BCUT2D eigenvalue weighted by molar-refractivity contribution is 5.95. The van der Waals surface area contributed by atoms with Crippen LogP contribution in [-0.2, 0) is 6.61 Å². The van der Waals surface area contributed by atoms with E-state index in [1.54, 1.807) is 0 Å². The Morgan fingerprint density at radius 1 is 1.40 bits per heavy atom. The normalized spacial score (nSPS) is 21.9. The summed E-state index contributed by atoms with van der Waals surface area (Å²) < 4.78 is 0. The summed E-state index contributed by atoms with van der Waals surface area (Å²) in [7, 11) is 0. The first-order valence-electron chi connectivity index (χ1n) is 6.39. The zero-order valence-electron chi connectivity index (χ0n) is 11.5. The quantitative estimate of drug-likeness (QED) is 0.835. The average Bonchev–Trinajstić information content (AvgIpc) is 2.47. The van der Waals surface area contributed by atoms with Gasteiger partial charge in [0.15, 0.2) is 5.70 Å². The number of aliphatic hydroxyl groups is 1. The largest absolute Gasteiger partial charge is 0.392 e. The van der Waals surface area contributed by atoms with Gasteiger partial charge in [0, 0.05) is 11.6 Å². The predicted molar refractivity (Wildman–Crippen MR) is 77.3 cm³/mol. The molecule has 1 aromatic carbocycles. The predicted octanol–water partition coefficient (Wildman–Crippen LogP) is 3.02. The Labute approximate surface area is 118 Å². The van der Waals surface area contributed by atoms with E-state index in [1.165, 1.54) is 0 Å². The first-order valence-corrected chi connectivity index (χ1v) is 6.39. The Kier molecular flexibility index (Phi) is 3.98. The summed E-state index contributed by atoms with van der Waals surface area (Å²) in [5.74, 6) is -0.484. The number of nitriles is 1. The van der Waals surface area contributed by atoms with Gasteiger partial charge in [0.25, 0.3) is 0 Å². The number of allylic oxidation sites excluding steroid dienone is 1. The molecule has 0 saturated heterocycles. The van der Waals surface area contributed by atoms with Gasteiger partial charge in [0.1, 0.15) is 0 Å². The van der Waals surface area contributed by atoms with E-state index in [9.17, 15) is 5.26 Å². The van der Waals surface area contributed by atoms with E-state index in [0.29, 0.717) is 11.4 Å². The summed E-state index contributed by atoms with van der Waals surface area (Å²) in [5, 5.41) is 18.2. The summed E-state index contributed by atoms with van der Waals surface area (Å²) in [5.41, 5.74) is 3.57. The number of hydrogen-bond donors (Lipinski definition) is 1. The number of hydrogen-bond acceptors (Lipinski definition) is 3. The second-order valence-corrected chi connectivity index (χ2v) is 4.85. The van der Waals surface area contributed by atoms with E-state index in [2.05, 4.69) is 15.9 Å². The molecule has 0 fully saturated rings. The highest BCUT2D eigenvalue weighted by Gasteiger charge is 2.31. The van der Waals surface area contributed by atoms with Crippen molar-refractivity contribution in [3.05, 3.63) is 52.5 Å². The maximum atomic E-state index is 9.19. The molecule has 1 aliphatic heterocycles. The molecule has 0 spiro atoms. The van der Waals surface area contributed by atoms with Crippen molar-refractivity contribution in [3.8, 4) is 6.07 Å². The lowest BCUT2D eigenvalue weighted by molar-refractivity contribution is 0.282. The molecule has 2 rings (SSSR count). The van der Waals surface area contributed by atoms with Gasteiger partial charge < -0.3 is 5.11 Å². The third kappa shape index (κ3) is 2.34. The molecule has 1 N–H and O–H groups in total. The summed E-state index contributed by atoms with van der Waals surface area (Å²) >= 11 is 0. The van der Waals surface area contributed by atoms with E-state index >= 15 is 0 Å². The van der Waals surface area contributed by atoms with Gasteiger partial charge in [-0.1, -0.05) is 31.2 Å². The summed E-state index contributed by atoms with van der Waals surface area (Å²) in [4.78, 5) is 8.04. The number of benzene rings is 1. The molecule has 0 amide bonds. The number of rotatable bonds is 2. The van der Waals surface area contributed by atoms with Gasteiger partial charge in [-0.3, -0.25) is 4.99 Å². The van der Waals surface area contributed by atoms with Crippen LogP contribution >= 0.6 is 0 Å². The fourth-order valence-corrected chi connectivity index (χ4v) is 2.38. The summed E-state index contributed by atoms with van der Waals surface area (Å²) in [6, 6.07) is 9.55. The monoisotopic (exact) mass is 265 g/mol. The number of aliphatic hydroxyl groups excluding tert-OH is 1. The van der Waals surface area contributed by atoms with Crippen molar-refractivity contribution in [2.24, 2.45) is 16.8 Å². The third-order valence-electron chi connectivity index (χ3n) is 3.58. The molecule has 4 heteroatoms. The highest BCUT2D eigenvalue weighted by Crippen LogP contribution is 2.35. The van der Waals surface area contributed by atoms with Crippen molar-refractivity contribution < 1.29 is 5.11 Å². The molecule has 20 heavy (non-hydrogen) atoms. The van der Waals surface area contributed by atoms with E-state index in [1.807, 2.05) is 38.1 Å². The lowest BCUT2D eigenvalue weighted by atomic mass is 9.84. The van der Waals surface area contributed by atoms with Gasteiger partial charge in [-0.05, 0) is 18.1 Å². The maximum absolute atomic E-state index is 9.19. The Hall–Kier alpha value is -2.43. The van der Waals surface area contributed by atoms with Crippen LogP contribution in [0.2, 0.25) is 0 Å². The first-order chi connectivity index (χ1) is 9.62. The van der Waals surface area contributed by atoms with Crippen molar-refractivity contribution in [2.45, 2.75) is 20.5 Å². The molecule has 1 unspecified atom stereocenters. The van der Waals surface area contributed by atoms with Crippen molar-refractivity contribution in [1.29, 1.82) is 5.26 Å². The van der Waals surface area contributed by atoms with Crippen molar-refractivity contribution >= 4 is 11.4 Å². The molecule has 0 bridgehead atoms. The van der Waals surface area contributed by atoms with Crippen LogP contribution < -0.4 is 0 Å². The molecule has 1 heterocycles. The Morgan fingerprint density at radius 2 is 2.05 bits per heavy atom. The van der Waals surface area contributed by atoms with Gasteiger partial charge in [0.2, 0.25) is 0 Å². The van der Waals surface area contributed by atoms with Crippen LogP contribution in [0.1, 0.15) is 25.0 Å². The van der Waals surface area contributed by atoms with Gasteiger partial charge in [-0.15, -0.1) is 0 Å². The van der Waals surface area contributed by atoms with E-state index in [-0.39, 0.29) is 18.4 Å². The molecule has 1 aromatic rings. The van der Waals surface area contributed by atoms with Crippen LogP contribution in [0.3, 0.4) is 0 Å². The summed E-state index contributed by atoms with van der Waals surface area (Å²) in [6.45, 7) is 11.1. The van der Waals surface area contributed by atoms with E-state index < -0.39 is 0 Å². The minimum Gasteiger partial charge on any atom is -0.392 e. The molecule has 100 valence electrons. The van der Waals surface area contributed by atoms with Crippen molar-refractivity contribution in [1.82, 2.24) is 0 Å². The van der Waals surface area contributed by atoms with Crippen LogP contribution in [0, 0.1) is 29.7 Å². The smallest absolute Gasteiger partial charge is 0.195 e. The molecule has 0 aromatic heterocycles. The van der Waals surface area contributed by atoms with Crippen LogP contribution in [0.5, 0.6) is 0 Å². The lowest BCUT2D eigenvalue weighted by Crippen LogP contribution is -2.23. The first kappa shape index (κ1) is 14.0. The minimum atomic E-state index is -0.334. The lowest BCUT2D eigenvalue weighted by Gasteiger charge is -2.24. The van der Waals surface area contributed by atoms with Gasteiger partial charge >= 0.3 is 0 Å². The average molecular weight is 265 g/mol. The van der Waals surface area contributed by atoms with Crippen LogP contribution in [0.25, 0.3) is 10.5 Å². The van der Waals surface area contributed by atoms with E-state index in [4.69, 9.17) is 11.7 Å². The van der Waals surface area contributed by atoms with Gasteiger partial charge in [-0.2, -0.15) is 5.26 Å². The standard InChI is InChI=1S/C16H15N3O/c1-10-14(8-17)11(2)19-16(15(10)18-3)13-6-4-12(9-20)5-7-13/h4-7,10,14,20H,9H2,1-2H3/t10-,14?/m1/s1. The van der Waals surface area contributed by atoms with Crippen LogP contribution in [0.15, 0.2) is 35.0 Å². The Morgan fingerprint density at radius 3 is 2.55 bits per heavy atom. The third-order valence-corrected chi connectivity index (χ3v) is 3.58. The maximum Gasteiger partial charge on any atom is 0.195 e. The molecule has 1 aliphatic rings.